The van der Waals surface area contributed by atoms with E-state index in [2.05, 4.69) is 10.3 Å². The lowest BCUT2D eigenvalue weighted by Crippen LogP contribution is -2.41. The average Bonchev–Trinajstić information content (AvgIpc) is 3.16. The summed E-state index contributed by atoms with van der Waals surface area (Å²) in [5, 5.41) is 3.16. The molecule has 3 rings (SSSR count). The molecule has 172 valence electrons. The molecule has 1 aromatic heterocycles. The quantitative estimate of drug-likeness (QED) is 0.440. The van der Waals surface area contributed by atoms with Crippen LogP contribution in [0.4, 0.5) is 9.93 Å². The van der Waals surface area contributed by atoms with E-state index in [1.54, 1.807) is 52.0 Å². The molecule has 2 aromatic carbocycles. The van der Waals surface area contributed by atoms with Crippen molar-refractivity contribution in [3.63, 3.8) is 0 Å². The minimum atomic E-state index is -0.931. The highest BCUT2D eigenvalue weighted by Gasteiger charge is 2.37. The summed E-state index contributed by atoms with van der Waals surface area (Å²) >= 11 is 1.13. The lowest BCUT2D eigenvalue weighted by atomic mass is 9.81. The molecule has 33 heavy (non-hydrogen) atoms. The van der Waals surface area contributed by atoms with Gasteiger partial charge in [-0.2, -0.15) is 0 Å². The zero-order valence-corrected chi connectivity index (χ0v) is 19.9. The molecule has 0 atom stereocenters. The monoisotopic (exact) mass is 465 g/mol. The number of primary amides is 1. The number of carbonyl (C=O) groups is 3. The second kappa shape index (κ2) is 9.54. The molecule has 0 aliphatic heterocycles. The molecular weight excluding hydrogens is 438 g/mol. The molecule has 7 nitrogen and oxygen atoms in total. The number of hydrogen-bond acceptors (Lipinski definition) is 6. The second-order valence-electron chi connectivity index (χ2n) is 8.95. The number of thiazole rings is 1. The highest BCUT2D eigenvalue weighted by Crippen LogP contribution is 2.35. The first-order valence-electron chi connectivity index (χ1n) is 10.4. The predicted molar refractivity (Wildman–Crippen MR) is 129 cm³/mol. The Balaban J connectivity index is 1.91. The van der Waals surface area contributed by atoms with Gasteiger partial charge in [0.05, 0.1) is 5.69 Å². The maximum Gasteiger partial charge on any atom is 0.405 e. The summed E-state index contributed by atoms with van der Waals surface area (Å²) in [6.07, 6.45) is -0.658. The molecule has 0 fully saturated rings. The van der Waals surface area contributed by atoms with Crippen LogP contribution in [0, 0.1) is 5.41 Å². The van der Waals surface area contributed by atoms with Gasteiger partial charge in [-0.15, -0.1) is 0 Å². The predicted octanol–water partition coefficient (Wildman–Crippen LogP) is 5.27. The summed E-state index contributed by atoms with van der Waals surface area (Å²) in [6, 6.07) is 18.3. The molecule has 8 heteroatoms. The molecule has 1 heterocycles. The Morgan fingerprint density at radius 3 is 2.12 bits per heavy atom. The number of nitrogens with zero attached hydrogens (tertiary/aromatic N) is 1. The fourth-order valence-electron chi connectivity index (χ4n) is 3.76. The minimum Gasteiger partial charge on any atom is -0.444 e. The van der Waals surface area contributed by atoms with E-state index in [-0.39, 0.29) is 18.1 Å². The van der Waals surface area contributed by atoms with Crippen LogP contribution in [0.15, 0.2) is 60.7 Å². The number of rotatable bonds is 8. The Bertz CT molecular complexity index is 1150. The zero-order valence-electron chi connectivity index (χ0n) is 19.0. The van der Waals surface area contributed by atoms with Crippen molar-refractivity contribution in [3.8, 4) is 11.3 Å². The number of ketones is 1. The molecule has 2 amide bonds. The molecule has 3 aromatic rings. The van der Waals surface area contributed by atoms with E-state index < -0.39 is 17.1 Å². The van der Waals surface area contributed by atoms with Crippen LogP contribution in [0.25, 0.3) is 11.3 Å². The third kappa shape index (κ3) is 6.04. The molecule has 0 radical (unpaired) electrons. The first kappa shape index (κ1) is 24.1. The van der Waals surface area contributed by atoms with Crippen LogP contribution in [-0.4, -0.2) is 28.4 Å². The number of carbonyl (C=O) groups excluding carboxylic acids is 3. The largest absolute Gasteiger partial charge is 0.444 e. The number of benzene rings is 2. The Morgan fingerprint density at radius 2 is 1.55 bits per heavy atom. The van der Waals surface area contributed by atoms with Gasteiger partial charge in [0.1, 0.15) is 10.5 Å². The number of anilines is 1. The van der Waals surface area contributed by atoms with Gasteiger partial charge >= 0.3 is 6.09 Å². The number of nitrogens with one attached hydrogen (secondary N) is 1. The molecule has 0 unspecified atom stereocenters. The van der Waals surface area contributed by atoms with Crippen molar-refractivity contribution in [1.29, 1.82) is 0 Å². The van der Waals surface area contributed by atoms with E-state index in [1.807, 2.05) is 36.4 Å². The van der Waals surface area contributed by atoms with Crippen molar-refractivity contribution in [1.82, 2.24) is 4.98 Å². The fraction of sp³-hybridized carbons (Fsp3) is 0.280. The van der Waals surface area contributed by atoms with Crippen LogP contribution >= 0.6 is 11.3 Å². The van der Waals surface area contributed by atoms with Crippen LogP contribution in [-0.2, 0) is 9.53 Å². The maximum absolute atomic E-state index is 13.2. The van der Waals surface area contributed by atoms with Crippen molar-refractivity contribution < 1.29 is 19.1 Å². The zero-order chi connectivity index (χ0) is 24.2. The number of hydrogen-bond donors (Lipinski definition) is 2. The smallest absolute Gasteiger partial charge is 0.405 e. The molecule has 0 saturated heterocycles. The Kier molecular flexibility index (Phi) is 6.98. The van der Waals surface area contributed by atoms with E-state index in [4.69, 9.17) is 10.5 Å². The van der Waals surface area contributed by atoms with Gasteiger partial charge in [-0.3, -0.25) is 9.59 Å². The topological polar surface area (TPSA) is 111 Å². The lowest BCUT2D eigenvalue weighted by Gasteiger charge is -2.32. The van der Waals surface area contributed by atoms with Gasteiger partial charge in [0.2, 0.25) is 11.7 Å². The molecular formula is C25H27N3O4S. The van der Waals surface area contributed by atoms with E-state index in [9.17, 15) is 14.4 Å². The van der Waals surface area contributed by atoms with Crippen LogP contribution in [0.2, 0.25) is 0 Å². The van der Waals surface area contributed by atoms with E-state index >= 15 is 0 Å². The SMILES string of the molecule is CC(C)(CC(C)(C)C(=O)Nc1nc(-c2ccccc2)c(C(=O)c2ccccc2)s1)OC(N)=O. The number of aromatic nitrogens is 1. The fourth-order valence-corrected chi connectivity index (χ4v) is 4.70. The molecule has 0 aliphatic rings. The Morgan fingerprint density at radius 1 is 0.970 bits per heavy atom. The van der Waals surface area contributed by atoms with Gasteiger partial charge in [0.15, 0.2) is 5.13 Å². The van der Waals surface area contributed by atoms with Crippen LogP contribution in [0.3, 0.4) is 0 Å². The number of amides is 2. The molecule has 3 N–H and O–H groups in total. The van der Waals surface area contributed by atoms with Crippen LogP contribution in [0.1, 0.15) is 49.4 Å². The van der Waals surface area contributed by atoms with Crippen molar-refractivity contribution in [2.24, 2.45) is 11.1 Å². The summed E-state index contributed by atoms with van der Waals surface area (Å²) in [5.41, 5.74) is 5.15. The standard InChI is InChI=1S/C25H27N3O4S/c1-24(2,15-25(3,4)32-22(26)31)21(30)28-23-27-18(16-11-7-5-8-12-16)20(33-23)19(29)17-13-9-6-10-14-17/h5-14H,15H2,1-4H3,(H2,26,31)(H,27,28,30). The van der Waals surface area contributed by atoms with Crippen molar-refractivity contribution >= 4 is 34.3 Å². The number of ether oxygens (including phenoxy) is 1. The lowest BCUT2D eigenvalue weighted by molar-refractivity contribution is -0.127. The second-order valence-corrected chi connectivity index (χ2v) is 9.95. The van der Waals surface area contributed by atoms with Crippen LogP contribution in [0.5, 0.6) is 0 Å². The van der Waals surface area contributed by atoms with Gasteiger partial charge in [-0.25, -0.2) is 9.78 Å². The Labute approximate surface area is 197 Å². The molecule has 0 spiro atoms. The average molecular weight is 466 g/mol. The minimum absolute atomic E-state index is 0.164. The van der Waals surface area contributed by atoms with E-state index in [0.717, 1.165) is 16.9 Å². The van der Waals surface area contributed by atoms with E-state index in [1.165, 1.54) is 0 Å². The van der Waals surface area contributed by atoms with Gasteiger partial charge in [0, 0.05) is 23.0 Å². The molecule has 0 saturated carbocycles. The molecule has 0 bridgehead atoms. The summed E-state index contributed by atoms with van der Waals surface area (Å²) in [4.78, 5) is 42.5. The highest BCUT2D eigenvalue weighted by molar-refractivity contribution is 7.18. The summed E-state index contributed by atoms with van der Waals surface area (Å²) in [5.74, 6) is -0.474. The van der Waals surface area contributed by atoms with E-state index in [0.29, 0.717) is 21.3 Å². The van der Waals surface area contributed by atoms with Crippen LogP contribution < -0.4 is 11.1 Å². The van der Waals surface area contributed by atoms with Gasteiger partial charge < -0.3 is 15.8 Å². The third-order valence-corrected chi connectivity index (χ3v) is 5.97. The summed E-state index contributed by atoms with van der Waals surface area (Å²) < 4.78 is 5.14. The first-order valence-corrected chi connectivity index (χ1v) is 11.3. The normalized spacial score (nSPS) is 11.6. The molecule has 0 aliphatic carbocycles. The van der Waals surface area contributed by atoms with Crippen molar-refractivity contribution in [2.45, 2.75) is 39.7 Å². The maximum atomic E-state index is 13.2. The van der Waals surface area contributed by atoms with Gasteiger partial charge in [0.25, 0.3) is 0 Å². The third-order valence-electron chi connectivity index (χ3n) is 5.00. The highest BCUT2D eigenvalue weighted by atomic mass is 32.1. The number of nitrogens with two attached hydrogens (primary N) is 1. The van der Waals surface area contributed by atoms with Gasteiger partial charge in [-0.1, -0.05) is 85.8 Å². The Hall–Kier alpha value is -3.52. The first-order chi connectivity index (χ1) is 15.5. The van der Waals surface area contributed by atoms with Crippen molar-refractivity contribution in [3.05, 3.63) is 71.1 Å². The summed E-state index contributed by atoms with van der Waals surface area (Å²) in [6.45, 7) is 6.88. The van der Waals surface area contributed by atoms with Crippen molar-refractivity contribution in [2.75, 3.05) is 5.32 Å². The van der Waals surface area contributed by atoms with Gasteiger partial charge in [-0.05, 0) is 13.8 Å². The summed E-state index contributed by atoms with van der Waals surface area (Å²) in [7, 11) is 0.